The van der Waals surface area contributed by atoms with Gasteiger partial charge in [0.1, 0.15) is 17.4 Å². The Labute approximate surface area is 139 Å². The van der Waals surface area contributed by atoms with Gasteiger partial charge in [-0.15, -0.1) is 0 Å². The molecule has 1 unspecified atom stereocenters. The predicted molar refractivity (Wildman–Crippen MR) is 89.0 cm³/mol. The van der Waals surface area contributed by atoms with Crippen LogP contribution in [0.4, 0.5) is 0 Å². The molecule has 2 heterocycles. The van der Waals surface area contributed by atoms with Crippen molar-refractivity contribution in [1.29, 1.82) is 0 Å². The van der Waals surface area contributed by atoms with Gasteiger partial charge in [0.05, 0.1) is 7.11 Å². The van der Waals surface area contributed by atoms with E-state index in [0.717, 1.165) is 36.8 Å². The molecule has 1 N–H and O–H groups in total. The molecule has 24 heavy (non-hydrogen) atoms. The molecule has 0 bridgehead atoms. The number of fused-ring (bicyclic) bond motifs is 1. The number of carbonyl (C=O) groups excluding carboxylic acids is 1. The lowest BCUT2D eigenvalue weighted by Crippen LogP contribution is -2.44. The zero-order valence-electron chi connectivity index (χ0n) is 13.9. The Morgan fingerprint density at radius 1 is 1.42 bits per heavy atom. The van der Waals surface area contributed by atoms with Gasteiger partial charge in [0.15, 0.2) is 0 Å². The summed E-state index contributed by atoms with van der Waals surface area (Å²) < 4.78 is 10.2. The minimum Gasteiger partial charge on any atom is -0.508 e. The summed E-state index contributed by atoms with van der Waals surface area (Å²) in [7, 11) is 1.40. The molecule has 0 aliphatic carbocycles. The molecule has 0 spiro atoms. The second kappa shape index (κ2) is 6.65. The highest BCUT2D eigenvalue weighted by Crippen LogP contribution is 2.29. The molecule has 3 rings (SSSR count). The van der Waals surface area contributed by atoms with E-state index in [1.54, 1.807) is 19.1 Å². The highest BCUT2D eigenvalue weighted by molar-refractivity contribution is 5.85. The summed E-state index contributed by atoms with van der Waals surface area (Å²) in [6.45, 7) is 2.95. The second-order valence-electron chi connectivity index (χ2n) is 6.18. The van der Waals surface area contributed by atoms with Crippen LogP contribution in [0, 0.1) is 6.92 Å². The van der Waals surface area contributed by atoms with Gasteiger partial charge in [0, 0.05) is 23.6 Å². The van der Waals surface area contributed by atoms with Gasteiger partial charge in [-0.2, -0.15) is 0 Å². The molecule has 1 aliphatic heterocycles. The van der Waals surface area contributed by atoms with Gasteiger partial charge in [-0.05, 0) is 44.0 Å². The molecular formula is C18H21NO5. The summed E-state index contributed by atoms with van der Waals surface area (Å²) in [6.07, 6.45) is 2.75. The van der Waals surface area contributed by atoms with Crippen molar-refractivity contribution in [2.24, 2.45) is 0 Å². The summed E-state index contributed by atoms with van der Waals surface area (Å²) in [6, 6.07) is 4.51. The van der Waals surface area contributed by atoms with E-state index in [1.165, 1.54) is 13.2 Å². The Hall–Kier alpha value is -2.34. The zero-order valence-corrected chi connectivity index (χ0v) is 13.9. The molecule has 0 radical (unpaired) electrons. The lowest BCUT2D eigenvalue weighted by atomic mass is 10.00. The fraction of sp³-hybridized carbons (Fsp3) is 0.444. The number of likely N-dealkylation sites (tertiary alicyclic amines) is 1. The normalized spacial score (nSPS) is 18.7. The first kappa shape index (κ1) is 16.5. The third-order valence-corrected chi connectivity index (χ3v) is 4.68. The fourth-order valence-electron chi connectivity index (χ4n) is 3.35. The molecule has 1 atom stereocenters. The zero-order chi connectivity index (χ0) is 17.3. The van der Waals surface area contributed by atoms with Gasteiger partial charge in [0.25, 0.3) is 0 Å². The maximum absolute atomic E-state index is 12.0. The van der Waals surface area contributed by atoms with Crippen LogP contribution in [0.15, 0.2) is 27.4 Å². The Kier molecular flexibility index (Phi) is 4.57. The van der Waals surface area contributed by atoms with Crippen LogP contribution in [-0.4, -0.2) is 35.7 Å². The number of aromatic hydroxyl groups is 1. The second-order valence-corrected chi connectivity index (χ2v) is 6.18. The van der Waals surface area contributed by atoms with Crippen LogP contribution in [-0.2, 0) is 16.1 Å². The van der Waals surface area contributed by atoms with Crippen LogP contribution in [0.1, 0.15) is 30.4 Å². The SMILES string of the molecule is COC(=O)C1CCCCN1Cc1cc(=O)oc2c(C)c(O)ccc12. The van der Waals surface area contributed by atoms with Crippen molar-refractivity contribution in [2.75, 3.05) is 13.7 Å². The number of piperidine rings is 1. The number of hydrogen-bond donors (Lipinski definition) is 1. The van der Waals surface area contributed by atoms with Crippen molar-refractivity contribution >= 4 is 16.9 Å². The average Bonchev–Trinajstić information content (AvgIpc) is 2.58. The van der Waals surface area contributed by atoms with E-state index < -0.39 is 5.63 Å². The van der Waals surface area contributed by atoms with E-state index in [2.05, 4.69) is 0 Å². The van der Waals surface area contributed by atoms with E-state index in [9.17, 15) is 14.7 Å². The number of phenolic OH excluding ortho intramolecular Hbond substituents is 1. The number of nitrogens with zero attached hydrogens (tertiary/aromatic N) is 1. The summed E-state index contributed by atoms with van der Waals surface area (Å²) in [5.74, 6) is -0.149. The number of hydrogen-bond acceptors (Lipinski definition) is 6. The number of esters is 1. The number of rotatable bonds is 3. The van der Waals surface area contributed by atoms with Crippen LogP contribution in [0.3, 0.4) is 0 Å². The van der Waals surface area contributed by atoms with Gasteiger partial charge >= 0.3 is 11.6 Å². The van der Waals surface area contributed by atoms with Crippen LogP contribution in [0.25, 0.3) is 11.0 Å². The number of carbonyl (C=O) groups is 1. The molecule has 0 saturated carbocycles. The third kappa shape index (κ3) is 3.01. The fourth-order valence-corrected chi connectivity index (χ4v) is 3.35. The average molecular weight is 331 g/mol. The van der Waals surface area contributed by atoms with Crippen LogP contribution in [0.2, 0.25) is 0 Å². The summed E-state index contributed by atoms with van der Waals surface area (Å²) in [4.78, 5) is 26.0. The first-order valence-corrected chi connectivity index (χ1v) is 8.08. The molecule has 128 valence electrons. The van der Waals surface area contributed by atoms with E-state index in [4.69, 9.17) is 9.15 Å². The summed E-state index contributed by atoms with van der Waals surface area (Å²) >= 11 is 0. The number of phenols is 1. The monoisotopic (exact) mass is 331 g/mol. The minimum atomic E-state index is -0.460. The van der Waals surface area contributed by atoms with Gasteiger partial charge in [-0.1, -0.05) is 6.42 Å². The van der Waals surface area contributed by atoms with E-state index in [0.29, 0.717) is 17.7 Å². The molecule has 6 nitrogen and oxygen atoms in total. The number of benzene rings is 1. The number of aryl methyl sites for hydroxylation is 1. The highest BCUT2D eigenvalue weighted by atomic mass is 16.5. The van der Waals surface area contributed by atoms with E-state index >= 15 is 0 Å². The van der Waals surface area contributed by atoms with E-state index in [-0.39, 0.29) is 17.8 Å². The molecule has 0 amide bonds. The van der Waals surface area contributed by atoms with Crippen molar-refractivity contribution in [1.82, 2.24) is 4.90 Å². The van der Waals surface area contributed by atoms with Gasteiger partial charge in [-0.25, -0.2) is 4.79 Å². The molecule has 1 aromatic carbocycles. The molecule has 2 aromatic rings. The summed E-state index contributed by atoms with van der Waals surface area (Å²) in [5.41, 5.74) is 1.26. The third-order valence-electron chi connectivity index (χ3n) is 4.68. The van der Waals surface area contributed by atoms with E-state index in [1.807, 2.05) is 4.90 Å². The van der Waals surface area contributed by atoms with Crippen molar-refractivity contribution in [3.63, 3.8) is 0 Å². The van der Waals surface area contributed by atoms with Crippen LogP contribution < -0.4 is 5.63 Å². The molecule has 6 heteroatoms. The van der Waals surface area contributed by atoms with Gasteiger partial charge in [0.2, 0.25) is 0 Å². The first-order chi connectivity index (χ1) is 11.5. The van der Waals surface area contributed by atoms with Crippen LogP contribution >= 0.6 is 0 Å². The number of ether oxygens (including phenoxy) is 1. The van der Waals surface area contributed by atoms with Crippen LogP contribution in [0.5, 0.6) is 5.75 Å². The molecule has 1 fully saturated rings. The van der Waals surface area contributed by atoms with Crippen molar-refractivity contribution in [2.45, 2.75) is 38.8 Å². The van der Waals surface area contributed by atoms with Gasteiger partial charge in [-0.3, -0.25) is 9.69 Å². The lowest BCUT2D eigenvalue weighted by Gasteiger charge is -2.33. The lowest BCUT2D eigenvalue weighted by molar-refractivity contribution is -0.148. The first-order valence-electron chi connectivity index (χ1n) is 8.08. The standard InChI is InChI=1S/C18H21NO5/c1-11-15(20)7-6-13-12(9-16(21)24-17(11)13)10-19-8-4-3-5-14(19)18(22)23-2/h6-7,9,14,20H,3-5,8,10H2,1-2H3. The van der Waals surface area contributed by atoms with Crippen molar-refractivity contribution < 1.29 is 19.1 Å². The number of methoxy groups -OCH3 is 1. The Bertz CT molecular complexity index is 826. The Morgan fingerprint density at radius 3 is 2.96 bits per heavy atom. The molecule has 1 saturated heterocycles. The maximum Gasteiger partial charge on any atom is 0.336 e. The van der Waals surface area contributed by atoms with Crippen molar-refractivity contribution in [3.8, 4) is 5.75 Å². The topological polar surface area (TPSA) is 80.0 Å². The molecular weight excluding hydrogens is 310 g/mol. The highest BCUT2D eigenvalue weighted by Gasteiger charge is 2.30. The summed E-state index contributed by atoms with van der Waals surface area (Å²) in [5, 5.41) is 10.6. The van der Waals surface area contributed by atoms with Crippen molar-refractivity contribution in [3.05, 3.63) is 39.7 Å². The minimum absolute atomic E-state index is 0.0909. The molecule has 1 aliphatic rings. The Morgan fingerprint density at radius 2 is 2.21 bits per heavy atom. The Balaban J connectivity index is 2.01. The predicted octanol–water partition coefficient (Wildman–Crippen LogP) is 2.33. The largest absolute Gasteiger partial charge is 0.508 e. The van der Waals surface area contributed by atoms with Gasteiger partial charge < -0.3 is 14.3 Å². The maximum atomic E-state index is 12.0. The molecule has 1 aromatic heterocycles. The smallest absolute Gasteiger partial charge is 0.336 e. The quantitative estimate of drug-likeness (QED) is 0.687.